The minimum atomic E-state index is -1.62. The van der Waals surface area contributed by atoms with Crippen molar-refractivity contribution in [1.82, 2.24) is 0 Å². The molecule has 0 aromatic heterocycles. The molecule has 0 radical (unpaired) electrons. The van der Waals surface area contributed by atoms with Gasteiger partial charge in [0.1, 0.15) is 0 Å². The highest BCUT2D eigenvalue weighted by Crippen LogP contribution is 2.70. The Kier molecular flexibility index (Phi) is 4.43. The molecule has 0 N–H and O–H groups in total. The van der Waals surface area contributed by atoms with Crippen LogP contribution in [0, 0.1) is 23.7 Å². The molecule has 2 aromatic rings. The van der Waals surface area contributed by atoms with Gasteiger partial charge in [0.2, 0.25) is 0 Å². The highest BCUT2D eigenvalue weighted by Gasteiger charge is 2.60. The van der Waals surface area contributed by atoms with E-state index in [9.17, 15) is 0 Å². The minimum Gasteiger partial charge on any atom is -0.0808 e. The van der Waals surface area contributed by atoms with Crippen LogP contribution in [0.15, 0.2) is 97.1 Å². The fourth-order valence-corrected chi connectivity index (χ4v) is 14.3. The third-order valence-corrected chi connectivity index (χ3v) is 15.2. The van der Waals surface area contributed by atoms with Crippen LogP contribution in [0.3, 0.4) is 0 Å². The number of rotatable bonds is 2. The van der Waals surface area contributed by atoms with Crippen molar-refractivity contribution in [3.63, 3.8) is 0 Å². The second-order valence-corrected chi connectivity index (χ2v) is 16.7. The summed E-state index contributed by atoms with van der Waals surface area (Å²) in [6.07, 6.45) is 22.4. The van der Waals surface area contributed by atoms with E-state index in [4.69, 9.17) is 0 Å². The zero-order valence-corrected chi connectivity index (χ0v) is 20.8. The molecule has 0 spiro atoms. The van der Waals surface area contributed by atoms with Gasteiger partial charge in [-0.05, 0) is 75.3 Å². The first kappa shape index (κ1) is 20.0. The smallest absolute Gasteiger partial charge is 0.0554 e. The summed E-state index contributed by atoms with van der Waals surface area (Å²) in [6, 6.07) is 18.7. The molecule has 5 aliphatic carbocycles. The third-order valence-electron chi connectivity index (χ3n) is 10.1. The topological polar surface area (TPSA) is 0 Å². The van der Waals surface area contributed by atoms with Gasteiger partial charge in [0.05, 0.1) is 8.07 Å². The molecule has 0 heterocycles. The average Bonchev–Trinajstić information content (AvgIpc) is 3.45. The van der Waals surface area contributed by atoms with Crippen LogP contribution in [0.1, 0.15) is 35.8 Å². The van der Waals surface area contributed by atoms with E-state index in [0.29, 0.717) is 23.7 Å². The van der Waals surface area contributed by atoms with Gasteiger partial charge in [0, 0.05) is 0 Å². The lowest BCUT2D eigenvalue weighted by Crippen LogP contribution is -2.44. The number of benzene rings is 2. The van der Waals surface area contributed by atoms with Gasteiger partial charge in [0.25, 0.3) is 0 Å². The first-order valence-electron chi connectivity index (χ1n) is 13.0. The number of fused-ring (bicyclic) bond motifs is 9. The van der Waals surface area contributed by atoms with Crippen molar-refractivity contribution >= 4 is 8.07 Å². The van der Waals surface area contributed by atoms with Crippen molar-refractivity contribution in [3.05, 3.63) is 108 Å². The fourth-order valence-electron chi connectivity index (χ4n) is 8.95. The Morgan fingerprint density at radius 1 is 0.606 bits per heavy atom. The first-order valence-corrected chi connectivity index (χ1v) is 16.2. The van der Waals surface area contributed by atoms with Gasteiger partial charge >= 0.3 is 0 Å². The molecule has 5 aliphatic rings. The molecule has 0 nitrogen and oxygen atoms in total. The number of hydrogen-bond donors (Lipinski definition) is 0. The second-order valence-electron chi connectivity index (χ2n) is 11.7. The van der Waals surface area contributed by atoms with E-state index in [1.54, 1.807) is 11.1 Å². The largest absolute Gasteiger partial charge is 0.0808 e. The number of hydrogen-bond acceptors (Lipinski definition) is 0. The van der Waals surface area contributed by atoms with Crippen LogP contribution < -0.4 is 0 Å². The highest BCUT2D eigenvalue weighted by molar-refractivity contribution is 6.80. The van der Waals surface area contributed by atoms with Gasteiger partial charge < -0.3 is 0 Å². The summed E-state index contributed by atoms with van der Waals surface area (Å²) in [5.41, 5.74) is 7.89. The molecule has 8 unspecified atom stereocenters. The Bertz CT molecular complexity index is 1210. The maximum atomic E-state index is 2.77. The van der Waals surface area contributed by atoms with Gasteiger partial charge in [-0.25, -0.2) is 0 Å². The Labute approximate surface area is 199 Å². The van der Waals surface area contributed by atoms with Gasteiger partial charge in [-0.15, -0.1) is 0 Å². The van der Waals surface area contributed by atoms with Crippen molar-refractivity contribution in [2.24, 2.45) is 23.7 Å². The van der Waals surface area contributed by atoms with Crippen LogP contribution >= 0.6 is 0 Å². The fraction of sp³-hybridized carbons (Fsp3) is 0.375. The summed E-state index contributed by atoms with van der Waals surface area (Å²) >= 11 is 0. The molecule has 2 aromatic carbocycles. The maximum absolute atomic E-state index is 2.77. The molecule has 33 heavy (non-hydrogen) atoms. The van der Waals surface area contributed by atoms with Crippen molar-refractivity contribution in [2.45, 2.75) is 48.9 Å². The molecule has 0 amide bonds. The van der Waals surface area contributed by atoms with Gasteiger partial charge in [-0.2, -0.15) is 0 Å². The van der Waals surface area contributed by atoms with E-state index in [1.165, 1.54) is 24.0 Å². The Hall–Kier alpha value is -2.38. The van der Waals surface area contributed by atoms with Crippen LogP contribution in [-0.2, 0) is 0 Å². The molecule has 1 heteroatoms. The lowest BCUT2D eigenvalue weighted by Gasteiger charge is -2.46. The molecule has 2 fully saturated rings. The molecule has 0 aliphatic heterocycles. The standard InChI is InChI=1S/C32H34Si/c1-33(2,29-20-19-21-11-3-4-12-22(21)29)32-28-18-10-9-17-27(28)30-25-15-7-5-13-23(25)24-14-6-8-16-26(24)31(30)32/h3-18,21-22,27-32H,19-20H2,1-2H3. The van der Waals surface area contributed by atoms with E-state index in [2.05, 4.69) is 110 Å². The molecule has 0 bridgehead atoms. The van der Waals surface area contributed by atoms with Crippen LogP contribution in [0.25, 0.3) is 11.1 Å². The van der Waals surface area contributed by atoms with E-state index in [1.807, 2.05) is 0 Å². The highest BCUT2D eigenvalue weighted by atomic mass is 28.3. The first-order chi connectivity index (χ1) is 16.2. The predicted octanol–water partition coefficient (Wildman–Crippen LogP) is 8.51. The molecular formula is C32H34Si. The Morgan fingerprint density at radius 2 is 1.18 bits per heavy atom. The van der Waals surface area contributed by atoms with Crippen LogP contribution in [0.4, 0.5) is 0 Å². The van der Waals surface area contributed by atoms with Gasteiger partial charge in [0.15, 0.2) is 0 Å². The van der Waals surface area contributed by atoms with Gasteiger partial charge in [-0.1, -0.05) is 117 Å². The Balaban J connectivity index is 1.41. The lowest BCUT2D eigenvalue weighted by molar-refractivity contribution is 0.494. The molecular weight excluding hydrogens is 412 g/mol. The summed E-state index contributed by atoms with van der Waals surface area (Å²) < 4.78 is 0. The zero-order valence-electron chi connectivity index (χ0n) is 19.8. The molecule has 0 saturated heterocycles. The average molecular weight is 447 g/mol. The molecule has 7 rings (SSSR count). The summed E-state index contributed by atoms with van der Waals surface area (Å²) in [4.78, 5) is 0. The monoisotopic (exact) mass is 446 g/mol. The Morgan fingerprint density at radius 3 is 1.91 bits per heavy atom. The van der Waals surface area contributed by atoms with Crippen molar-refractivity contribution in [1.29, 1.82) is 0 Å². The third kappa shape index (κ3) is 2.75. The molecule has 166 valence electrons. The normalized spacial score (nSPS) is 37.3. The summed E-state index contributed by atoms with van der Waals surface area (Å²) in [5, 5.41) is 0. The zero-order chi connectivity index (χ0) is 22.2. The lowest BCUT2D eigenvalue weighted by atomic mass is 9.70. The summed E-state index contributed by atoms with van der Waals surface area (Å²) in [6.45, 7) is 5.54. The van der Waals surface area contributed by atoms with Crippen LogP contribution in [0.2, 0.25) is 24.2 Å². The van der Waals surface area contributed by atoms with Gasteiger partial charge in [-0.3, -0.25) is 0 Å². The van der Waals surface area contributed by atoms with Crippen molar-refractivity contribution in [2.75, 3.05) is 0 Å². The van der Waals surface area contributed by atoms with Crippen molar-refractivity contribution < 1.29 is 0 Å². The molecule has 2 saturated carbocycles. The second kappa shape index (κ2) is 7.31. The van der Waals surface area contributed by atoms with E-state index in [-0.39, 0.29) is 0 Å². The van der Waals surface area contributed by atoms with Crippen molar-refractivity contribution in [3.8, 4) is 11.1 Å². The minimum absolute atomic E-state index is 0.609. The van der Waals surface area contributed by atoms with E-state index >= 15 is 0 Å². The van der Waals surface area contributed by atoms with E-state index in [0.717, 1.165) is 22.9 Å². The SMILES string of the molecule is C[Si](C)(C1CCC2C=CC=CC21)C1C2C=CC=CC2C2c3ccccc3-c3ccccc3C21. The summed E-state index contributed by atoms with van der Waals surface area (Å²) in [7, 11) is -1.62. The van der Waals surface area contributed by atoms with Crippen LogP contribution in [-0.4, -0.2) is 8.07 Å². The molecule has 8 atom stereocenters. The van der Waals surface area contributed by atoms with Crippen LogP contribution in [0.5, 0.6) is 0 Å². The van der Waals surface area contributed by atoms with E-state index < -0.39 is 8.07 Å². The predicted molar refractivity (Wildman–Crippen MR) is 142 cm³/mol. The number of allylic oxidation sites excluding steroid dienone is 8. The summed E-state index contributed by atoms with van der Waals surface area (Å²) in [5.74, 6) is 4.10. The quantitative estimate of drug-likeness (QED) is 0.406. The maximum Gasteiger partial charge on any atom is 0.0554 e.